The van der Waals surface area contributed by atoms with Gasteiger partial charge >= 0.3 is 0 Å². The van der Waals surface area contributed by atoms with Crippen LogP contribution in [0.2, 0.25) is 0 Å². The standard InChI is InChI=1S/C32H47N3O/c1-5-6-7-8-10-15-27-18-19-28(24-30(31(27)36)26-13-11-9-12-14-26)32(33-2)34-23-22-25-16-20-29(21-17-25)35(3)4/h16-24,26,28,36H,5-15H2,1-4H3,(H,33,34)/b23-22+. The van der Waals surface area contributed by atoms with E-state index < -0.39 is 0 Å². The molecule has 1 unspecified atom stereocenters. The fourth-order valence-corrected chi connectivity index (χ4v) is 5.26. The number of hydrogen-bond donors (Lipinski definition) is 2. The Balaban J connectivity index is 1.75. The van der Waals surface area contributed by atoms with E-state index >= 15 is 0 Å². The average molecular weight is 490 g/mol. The Morgan fingerprint density at radius 3 is 2.44 bits per heavy atom. The number of nitrogens with zero attached hydrogens (tertiary/aromatic N) is 2. The fraction of sp³-hybridized carbons (Fsp3) is 0.531. The second-order valence-electron chi connectivity index (χ2n) is 10.5. The van der Waals surface area contributed by atoms with Crippen LogP contribution in [0, 0.1) is 11.8 Å². The number of hydrogen-bond acceptors (Lipinski definition) is 3. The number of allylic oxidation sites excluding steroid dienone is 3. The first kappa shape index (κ1) is 27.8. The third-order valence-corrected chi connectivity index (χ3v) is 7.51. The largest absolute Gasteiger partial charge is 0.507 e. The van der Waals surface area contributed by atoms with Crippen LogP contribution >= 0.6 is 0 Å². The topological polar surface area (TPSA) is 47.9 Å². The van der Waals surface area contributed by atoms with Crippen LogP contribution in [0.4, 0.5) is 5.69 Å². The third-order valence-electron chi connectivity index (χ3n) is 7.51. The van der Waals surface area contributed by atoms with Gasteiger partial charge in [-0.2, -0.15) is 0 Å². The molecule has 0 saturated heterocycles. The summed E-state index contributed by atoms with van der Waals surface area (Å²) in [5, 5.41) is 14.8. The van der Waals surface area contributed by atoms with Gasteiger partial charge in [0.25, 0.3) is 0 Å². The number of amidine groups is 1. The molecule has 3 rings (SSSR count). The lowest BCUT2D eigenvalue weighted by atomic mass is 9.81. The molecule has 1 atom stereocenters. The molecule has 196 valence electrons. The maximum Gasteiger partial charge on any atom is 0.121 e. The van der Waals surface area contributed by atoms with E-state index in [1.807, 2.05) is 13.2 Å². The molecule has 0 bridgehead atoms. The summed E-state index contributed by atoms with van der Waals surface area (Å²) >= 11 is 0. The van der Waals surface area contributed by atoms with E-state index in [4.69, 9.17) is 0 Å². The van der Waals surface area contributed by atoms with Gasteiger partial charge in [0.05, 0.1) is 5.92 Å². The number of unbranched alkanes of at least 4 members (excludes halogenated alkanes) is 4. The molecule has 4 nitrogen and oxygen atoms in total. The highest BCUT2D eigenvalue weighted by Gasteiger charge is 2.25. The third kappa shape index (κ3) is 8.15. The van der Waals surface area contributed by atoms with Crippen LogP contribution in [-0.2, 0) is 0 Å². The van der Waals surface area contributed by atoms with Gasteiger partial charge in [-0.15, -0.1) is 0 Å². The summed E-state index contributed by atoms with van der Waals surface area (Å²) in [6.45, 7) is 2.25. The minimum atomic E-state index is 0.0208. The van der Waals surface area contributed by atoms with Crippen molar-refractivity contribution in [3.8, 4) is 0 Å². The predicted octanol–water partition coefficient (Wildman–Crippen LogP) is 8.21. The molecule has 0 aliphatic heterocycles. The van der Waals surface area contributed by atoms with Gasteiger partial charge in [-0.1, -0.05) is 82.2 Å². The van der Waals surface area contributed by atoms with Crippen molar-refractivity contribution in [3.63, 3.8) is 0 Å². The first-order chi connectivity index (χ1) is 17.5. The molecule has 1 fully saturated rings. The zero-order valence-electron chi connectivity index (χ0n) is 23.0. The molecule has 2 N–H and O–H groups in total. The van der Waals surface area contributed by atoms with Gasteiger partial charge in [0, 0.05) is 33.0 Å². The second-order valence-corrected chi connectivity index (χ2v) is 10.5. The second kappa shape index (κ2) is 14.7. The van der Waals surface area contributed by atoms with E-state index in [2.05, 4.69) is 84.8 Å². The van der Waals surface area contributed by atoms with E-state index in [9.17, 15) is 5.11 Å². The monoisotopic (exact) mass is 489 g/mol. The van der Waals surface area contributed by atoms with Gasteiger partial charge in [-0.25, -0.2) is 0 Å². The SMILES string of the molecule is CCCCCCCC1=C(O)C(C2CCCCC2)=CC(C(=NC)N/C=C/c2ccc(N(C)C)cc2)C=C1. The lowest BCUT2D eigenvalue weighted by Gasteiger charge is -2.25. The quantitative estimate of drug-likeness (QED) is 0.187. The van der Waals surface area contributed by atoms with E-state index in [1.165, 1.54) is 63.5 Å². The number of aliphatic imine (C=N–C) groups is 1. The Labute approximate surface area is 219 Å². The van der Waals surface area contributed by atoms with E-state index in [1.54, 1.807) is 0 Å². The molecule has 0 radical (unpaired) electrons. The predicted molar refractivity (Wildman–Crippen MR) is 157 cm³/mol. The number of anilines is 1. The number of aliphatic hydroxyl groups is 1. The smallest absolute Gasteiger partial charge is 0.121 e. The van der Waals surface area contributed by atoms with E-state index in [-0.39, 0.29) is 5.92 Å². The molecule has 0 aromatic heterocycles. The van der Waals surface area contributed by atoms with Crippen LogP contribution in [0.25, 0.3) is 6.08 Å². The van der Waals surface area contributed by atoms with E-state index in [0.29, 0.717) is 11.7 Å². The van der Waals surface area contributed by atoms with Crippen molar-refractivity contribution in [1.82, 2.24) is 5.32 Å². The zero-order valence-corrected chi connectivity index (χ0v) is 23.0. The van der Waals surface area contributed by atoms with Crippen molar-refractivity contribution in [2.75, 3.05) is 26.0 Å². The zero-order chi connectivity index (χ0) is 25.8. The first-order valence-corrected chi connectivity index (χ1v) is 14.0. The minimum absolute atomic E-state index is 0.0208. The fourth-order valence-electron chi connectivity index (χ4n) is 5.26. The van der Waals surface area contributed by atoms with Crippen molar-refractivity contribution in [2.45, 2.75) is 77.6 Å². The van der Waals surface area contributed by atoms with Crippen LogP contribution in [-0.4, -0.2) is 32.1 Å². The van der Waals surface area contributed by atoms with E-state index in [0.717, 1.165) is 35.4 Å². The number of rotatable bonds is 11. The molecule has 2 aliphatic carbocycles. The highest BCUT2D eigenvalue weighted by molar-refractivity contribution is 5.89. The van der Waals surface area contributed by atoms with Crippen molar-refractivity contribution in [1.29, 1.82) is 0 Å². The molecule has 1 aromatic carbocycles. The van der Waals surface area contributed by atoms with Crippen LogP contribution in [0.15, 0.2) is 70.6 Å². The van der Waals surface area contributed by atoms with Crippen molar-refractivity contribution in [2.24, 2.45) is 16.8 Å². The van der Waals surface area contributed by atoms with Crippen molar-refractivity contribution >= 4 is 17.6 Å². The summed E-state index contributed by atoms with van der Waals surface area (Å²) in [4.78, 5) is 6.70. The Morgan fingerprint density at radius 2 is 1.78 bits per heavy atom. The maximum atomic E-state index is 11.4. The van der Waals surface area contributed by atoms with Gasteiger partial charge in [-0.05, 0) is 66.5 Å². The summed E-state index contributed by atoms with van der Waals surface area (Å²) in [5.74, 6) is 1.90. The molecule has 0 amide bonds. The number of aliphatic hydroxyl groups excluding tert-OH is 1. The molecule has 36 heavy (non-hydrogen) atoms. The normalized spacial score (nSPS) is 19.5. The molecule has 2 aliphatic rings. The Bertz CT molecular complexity index is 960. The summed E-state index contributed by atoms with van der Waals surface area (Å²) in [7, 11) is 5.95. The van der Waals surface area contributed by atoms with Crippen molar-refractivity contribution in [3.05, 3.63) is 71.2 Å². The van der Waals surface area contributed by atoms with Gasteiger partial charge < -0.3 is 15.3 Å². The van der Waals surface area contributed by atoms with Crippen LogP contribution in [0.5, 0.6) is 0 Å². The molecule has 1 saturated carbocycles. The highest BCUT2D eigenvalue weighted by Crippen LogP contribution is 2.37. The van der Waals surface area contributed by atoms with Gasteiger partial charge in [-0.3, -0.25) is 4.99 Å². The average Bonchev–Trinajstić information content (AvgIpc) is 3.06. The summed E-state index contributed by atoms with van der Waals surface area (Å²) in [6, 6.07) is 8.50. The van der Waals surface area contributed by atoms with Crippen LogP contribution in [0.1, 0.15) is 83.1 Å². The molecule has 4 heteroatoms. The minimum Gasteiger partial charge on any atom is -0.507 e. The summed E-state index contributed by atoms with van der Waals surface area (Å²) in [6.07, 6.45) is 24.0. The summed E-state index contributed by atoms with van der Waals surface area (Å²) < 4.78 is 0. The molecular weight excluding hydrogens is 442 g/mol. The number of benzene rings is 1. The lowest BCUT2D eigenvalue weighted by molar-refractivity contribution is 0.353. The van der Waals surface area contributed by atoms with Gasteiger partial charge in [0.1, 0.15) is 11.6 Å². The Kier molecular flexibility index (Phi) is 11.4. The summed E-state index contributed by atoms with van der Waals surface area (Å²) in [5.41, 5.74) is 4.56. The Morgan fingerprint density at radius 1 is 1.06 bits per heavy atom. The van der Waals surface area contributed by atoms with Crippen LogP contribution in [0.3, 0.4) is 0 Å². The van der Waals surface area contributed by atoms with Crippen LogP contribution < -0.4 is 10.2 Å². The first-order valence-electron chi connectivity index (χ1n) is 14.0. The van der Waals surface area contributed by atoms with Gasteiger partial charge in [0.2, 0.25) is 0 Å². The maximum absolute atomic E-state index is 11.4. The van der Waals surface area contributed by atoms with Crippen molar-refractivity contribution < 1.29 is 5.11 Å². The molecule has 0 heterocycles. The molecular formula is C32H47N3O. The highest BCUT2D eigenvalue weighted by atomic mass is 16.3. The van der Waals surface area contributed by atoms with Gasteiger partial charge in [0.15, 0.2) is 0 Å². The number of nitrogens with one attached hydrogen (secondary N) is 1. The lowest BCUT2D eigenvalue weighted by Crippen LogP contribution is -2.25. The Hall–Kier alpha value is -2.75. The molecule has 0 spiro atoms. The molecule has 1 aromatic rings.